The second-order valence-corrected chi connectivity index (χ2v) is 1.64. The third-order valence-electron chi connectivity index (χ3n) is 0.768. The number of carboxylic acid groups (broad SMARTS) is 1. The monoisotopic (exact) mass is 144 g/mol. The van der Waals surface area contributed by atoms with Crippen molar-refractivity contribution >= 4 is 12.0 Å². The van der Waals surface area contributed by atoms with Crippen molar-refractivity contribution in [2.75, 3.05) is 0 Å². The largest absolute Gasteiger partial charge is 0.478 e. The average molecular weight is 144 g/mol. The molecule has 56 valence electrons. The Hall–Kier alpha value is -1.52. The van der Waals surface area contributed by atoms with Crippen molar-refractivity contribution in [1.82, 2.24) is 5.32 Å². The molecule has 0 aliphatic carbocycles. The van der Waals surface area contributed by atoms with E-state index in [0.29, 0.717) is 0 Å². The number of nitrogens with one attached hydrogen (secondary N) is 1. The average Bonchev–Trinajstić information content (AvgIpc) is 1.82. The molecule has 5 nitrogen and oxygen atoms in total. The summed E-state index contributed by atoms with van der Waals surface area (Å²) in [5.41, 5.74) is 4.68. The summed E-state index contributed by atoms with van der Waals surface area (Å²) in [6, 6.07) is -0.777. The topological polar surface area (TPSA) is 92.4 Å². The predicted molar refractivity (Wildman–Crippen MR) is 34.1 cm³/mol. The van der Waals surface area contributed by atoms with E-state index in [2.05, 4.69) is 5.73 Å². The molecule has 4 N–H and O–H groups in total. The Labute approximate surface area is 57.5 Å². The molecule has 0 bridgehead atoms. The molecule has 0 aliphatic heterocycles. The summed E-state index contributed by atoms with van der Waals surface area (Å²) in [5, 5.41) is 10.3. The number of amides is 2. The van der Waals surface area contributed by atoms with E-state index in [1.165, 1.54) is 6.92 Å². The molecule has 0 rings (SSSR count). The number of carbonyl (C=O) groups is 2. The van der Waals surface area contributed by atoms with E-state index >= 15 is 0 Å². The first kappa shape index (κ1) is 8.48. The molecule has 0 fully saturated rings. The zero-order valence-electron chi connectivity index (χ0n) is 5.42. The van der Waals surface area contributed by atoms with Gasteiger partial charge in [-0.3, -0.25) is 0 Å². The summed E-state index contributed by atoms with van der Waals surface area (Å²) in [6.07, 6.45) is 1.03. The normalized spacial score (nSPS) is 10.7. The van der Waals surface area contributed by atoms with Gasteiger partial charge in [-0.25, -0.2) is 9.59 Å². The minimum absolute atomic E-state index is 0.0267. The SMILES string of the molecule is C/C(=C\NC(N)=O)C(=O)O. The maximum Gasteiger partial charge on any atom is 0.332 e. The molecule has 0 unspecified atom stereocenters. The minimum Gasteiger partial charge on any atom is -0.478 e. The summed E-state index contributed by atoms with van der Waals surface area (Å²) in [6.45, 7) is 1.35. The van der Waals surface area contributed by atoms with Crippen molar-refractivity contribution < 1.29 is 14.7 Å². The lowest BCUT2D eigenvalue weighted by Gasteiger charge is -1.92. The fourth-order valence-electron chi connectivity index (χ4n) is 0.241. The minimum atomic E-state index is -1.09. The van der Waals surface area contributed by atoms with Gasteiger partial charge in [0.15, 0.2) is 0 Å². The lowest BCUT2D eigenvalue weighted by molar-refractivity contribution is -0.132. The lowest BCUT2D eigenvalue weighted by Crippen LogP contribution is -2.25. The van der Waals surface area contributed by atoms with Gasteiger partial charge in [-0.1, -0.05) is 0 Å². The molecule has 2 amide bonds. The van der Waals surface area contributed by atoms with Crippen LogP contribution in [0.2, 0.25) is 0 Å². The van der Waals surface area contributed by atoms with Crippen LogP contribution < -0.4 is 11.1 Å². The molecule has 0 aliphatic rings. The maximum absolute atomic E-state index is 10.1. The van der Waals surface area contributed by atoms with Crippen LogP contribution in [0.25, 0.3) is 0 Å². The third-order valence-corrected chi connectivity index (χ3v) is 0.768. The molecule has 0 heterocycles. The predicted octanol–water partition coefficient (Wildman–Crippen LogP) is -0.357. The number of primary amides is 1. The van der Waals surface area contributed by atoms with Crippen LogP contribution in [0.15, 0.2) is 11.8 Å². The van der Waals surface area contributed by atoms with E-state index in [1.807, 2.05) is 5.32 Å². The molecule has 0 aromatic carbocycles. The van der Waals surface area contributed by atoms with E-state index in [1.54, 1.807) is 0 Å². The molecule has 0 saturated carbocycles. The number of carbonyl (C=O) groups excluding carboxylic acids is 1. The first-order valence-electron chi connectivity index (χ1n) is 2.50. The van der Waals surface area contributed by atoms with Crippen molar-refractivity contribution in [1.29, 1.82) is 0 Å². The Morgan fingerprint density at radius 3 is 2.40 bits per heavy atom. The fourth-order valence-corrected chi connectivity index (χ4v) is 0.241. The Morgan fingerprint density at radius 1 is 1.60 bits per heavy atom. The Kier molecular flexibility index (Phi) is 2.96. The highest BCUT2D eigenvalue weighted by Gasteiger charge is 1.98. The summed E-state index contributed by atoms with van der Waals surface area (Å²) < 4.78 is 0. The lowest BCUT2D eigenvalue weighted by atomic mass is 10.3. The fraction of sp³-hybridized carbons (Fsp3) is 0.200. The van der Waals surface area contributed by atoms with Gasteiger partial charge >= 0.3 is 12.0 Å². The number of nitrogens with two attached hydrogens (primary N) is 1. The van der Waals surface area contributed by atoms with Crippen LogP contribution in [0.3, 0.4) is 0 Å². The number of urea groups is 1. The van der Waals surface area contributed by atoms with Crippen molar-refractivity contribution in [2.45, 2.75) is 6.92 Å². The van der Waals surface area contributed by atoms with E-state index in [-0.39, 0.29) is 5.57 Å². The number of aliphatic carboxylic acids is 1. The smallest absolute Gasteiger partial charge is 0.332 e. The molecule has 0 radical (unpaired) electrons. The molecule has 10 heavy (non-hydrogen) atoms. The van der Waals surface area contributed by atoms with Crippen LogP contribution in [0.5, 0.6) is 0 Å². The van der Waals surface area contributed by atoms with Gasteiger partial charge in [-0.05, 0) is 6.92 Å². The number of hydrogen-bond acceptors (Lipinski definition) is 2. The summed E-state index contributed by atoms with van der Waals surface area (Å²) in [7, 11) is 0. The maximum atomic E-state index is 10.1. The number of hydrogen-bond donors (Lipinski definition) is 3. The second-order valence-electron chi connectivity index (χ2n) is 1.64. The molecule has 5 heteroatoms. The highest BCUT2D eigenvalue weighted by molar-refractivity contribution is 5.86. The van der Waals surface area contributed by atoms with Crippen LogP contribution in [-0.2, 0) is 4.79 Å². The van der Waals surface area contributed by atoms with E-state index < -0.39 is 12.0 Å². The van der Waals surface area contributed by atoms with Crippen LogP contribution >= 0.6 is 0 Å². The van der Waals surface area contributed by atoms with Crippen LogP contribution in [-0.4, -0.2) is 17.1 Å². The molecule has 0 spiro atoms. The van der Waals surface area contributed by atoms with Gasteiger partial charge in [-0.15, -0.1) is 0 Å². The third kappa shape index (κ3) is 3.48. The van der Waals surface area contributed by atoms with Gasteiger partial charge in [0.1, 0.15) is 0 Å². The van der Waals surface area contributed by atoms with Crippen molar-refractivity contribution in [2.24, 2.45) is 5.73 Å². The first-order valence-corrected chi connectivity index (χ1v) is 2.50. The number of rotatable bonds is 2. The van der Waals surface area contributed by atoms with Crippen LogP contribution in [0.4, 0.5) is 4.79 Å². The van der Waals surface area contributed by atoms with Crippen molar-refractivity contribution in [3.8, 4) is 0 Å². The zero-order chi connectivity index (χ0) is 8.15. The van der Waals surface area contributed by atoms with Gasteiger partial charge < -0.3 is 16.2 Å². The highest BCUT2D eigenvalue weighted by Crippen LogP contribution is 1.87. The number of carboxylic acids is 1. The summed E-state index contributed by atoms with van der Waals surface area (Å²) in [4.78, 5) is 20.1. The van der Waals surface area contributed by atoms with Gasteiger partial charge in [0, 0.05) is 6.20 Å². The van der Waals surface area contributed by atoms with Gasteiger partial charge in [0.05, 0.1) is 5.57 Å². The Bertz CT molecular complexity index is 185. The van der Waals surface area contributed by atoms with E-state index in [4.69, 9.17) is 5.11 Å². The second kappa shape index (κ2) is 3.49. The first-order chi connectivity index (χ1) is 4.54. The van der Waals surface area contributed by atoms with Gasteiger partial charge in [-0.2, -0.15) is 0 Å². The summed E-state index contributed by atoms with van der Waals surface area (Å²) in [5.74, 6) is -1.09. The van der Waals surface area contributed by atoms with Crippen LogP contribution in [0.1, 0.15) is 6.92 Å². The molecule has 0 aromatic rings. The standard InChI is InChI=1S/C5H8N2O3/c1-3(4(8)9)2-7-5(6)10/h2H,1H3,(H,8,9)(H3,6,7,10)/b3-2+. The molecular weight excluding hydrogens is 136 g/mol. The van der Waals surface area contributed by atoms with Crippen LogP contribution in [0, 0.1) is 0 Å². The highest BCUT2D eigenvalue weighted by atomic mass is 16.4. The van der Waals surface area contributed by atoms with E-state index in [9.17, 15) is 9.59 Å². The Balaban J connectivity index is 3.92. The zero-order valence-corrected chi connectivity index (χ0v) is 5.42. The summed E-state index contributed by atoms with van der Waals surface area (Å²) >= 11 is 0. The van der Waals surface area contributed by atoms with Crippen molar-refractivity contribution in [3.63, 3.8) is 0 Å². The molecule has 0 atom stereocenters. The van der Waals surface area contributed by atoms with E-state index in [0.717, 1.165) is 6.20 Å². The van der Waals surface area contributed by atoms with Gasteiger partial charge in [0.25, 0.3) is 0 Å². The molecule has 0 saturated heterocycles. The van der Waals surface area contributed by atoms with Gasteiger partial charge in [0.2, 0.25) is 0 Å². The molecular formula is C5H8N2O3. The van der Waals surface area contributed by atoms with Crippen molar-refractivity contribution in [3.05, 3.63) is 11.8 Å². The quantitative estimate of drug-likeness (QED) is 0.462. The molecule has 0 aromatic heterocycles. The Morgan fingerprint density at radius 2 is 2.10 bits per heavy atom.